The van der Waals surface area contributed by atoms with Gasteiger partial charge in [0.25, 0.3) is 0 Å². The average Bonchev–Trinajstić information content (AvgIpc) is 3.20. The van der Waals surface area contributed by atoms with Gasteiger partial charge in [-0.2, -0.15) is 5.10 Å². The first-order valence-electron chi connectivity index (χ1n) is 12.4. The molecule has 3 aromatic rings. The number of carboxylic acid groups (broad SMARTS) is 1. The van der Waals surface area contributed by atoms with Crippen LogP contribution in [-0.2, 0) is 22.5 Å². The lowest BCUT2D eigenvalue weighted by Gasteiger charge is -2.28. The number of aryl methyl sites for hydroxylation is 1. The zero-order valence-corrected chi connectivity index (χ0v) is 20.8. The molecule has 5 nitrogen and oxygen atoms in total. The summed E-state index contributed by atoms with van der Waals surface area (Å²) in [7, 11) is 0. The van der Waals surface area contributed by atoms with E-state index >= 15 is 0 Å². The number of halogens is 2. The third-order valence-corrected chi connectivity index (χ3v) is 7.05. The highest BCUT2D eigenvalue weighted by atomic mass is 35.5. The van der Waals surface area contributed by atoms with Crippen molar-refractivity contribution in [1.82, 2.24) is 9.78 Å². The average molecular weight is 499 g/mol. The SMILES string of the molecule is CCCc1nn(C[C@H]2CC[C@@H](COCC(=O)O)CC2)c(-c2ccc(Cl)c(F)c2)c1-c1ccccc1. The molecule has 0 bridgehead atoms. The van der Waals surface area contributed by atoms with Crippen LogP contribution in [0.3, 0.4) is 0 Å². The molecule has 186 valence electrons. The van der Waals surface area contributed by atoms with Crippen LogP contribution in [0, 0.1) is 17.7 Å². The van der Waals surface area contributed by atoms with Crippen LogP contribution in [0.15, 0.2) is 48.5 Å². The Labute approximate surface area is 210 Å². The number of benzene rings is 2. The van der Waals surface area contributed by atoms with Gasteiger partial charge in [0.1, 0.15) is 12.4 Å². The smallest absolute Gasteiger partial charge is 0.329 e. The van der Waals surface area contributed by atoms with Gasteiger partial charge in [0.05, 0.1) is 23.0 Å². The molecule has 1 heterocycles. The van der Waals surface area contributed by atoms with E-state index in [1.54, 1.807) is 6.07 Å². The summed E-state index contributed by atoms with van der Waals surface area (Å²) in [5.74, 6) is -0.529. The quantitative estimate of drug-likeness (QED) is 0.331. The van der Waals surface area contributed by atoms with E-state index in [2.05, 4.69) is 23.7 Å². The highest BCUT2D eigenvalue weighted by Gasteiger charge is 2.26. The fraction of sp³-hybridized carbons (Fsp3) is 0.429. The van der Waals surface area contributed by atoms with Crippen molar-refractivity contribution in [2.45, 2.75) is 52.0 Å². The van der Waals surface area contributed by atoms with Gasteiger partial charge in [-0.05, 0) is 61.6 Å². The summed E-state index contributed by atoms with van der Waals surface area (Å²) < 4.78 is 21.9. The van der Waals surface area contributed by atoms with Crippen molar-refractivity contribution in [3.63, 3.8) is 0 Å². The van der Waals surface area contributed by atoms with Gasteiger partial charge in [-0.3, -0.25) is 4.68 Å². The normalized spacial score (nSPS) is 18.0. The molecule has 1 N–H and O–H groups in total. The van der Waals surface area contributed by atoms with E-state index in [0.29, 0.717) is 18.4 Å². The molecule has 0 unspecified atom stereocenters. The van der Waals surface area contributed by atoms with Crippen molar-refractivity contribution in [1.29, 1.82) is 0 Å². The Hall–Kier alpha value is -2.70. The Morgan fingerprint density at radius 2 is 1.83 bits per heavy atom. The molecule has 0 spiro atoms. The van der Waals surface area contributed by atoms with Crippen molar-refractivity contribution >= 4 is 17.6 Å². The first kappa shape index (κ1) is 25.4. The Morgan fingerprint density at radius 1 is 1.11 bits per heavy atom. The van der Waals surface area contributed by atoms with Gasteiger partial charge in [-0.15, -0.1) is 0 Å². The Balaban J connectivity index is 1.63. The van der Waals surface area contributed by atoms with Crippen molar-refractivity contribution in [3.8, 4) is 22.4 Å². The Bertz CT molecular complexity index is 1140. The molecular weight excluding hydrogens is 467 g/mol. The summed E-state index contributed by atoms with van der Waals surface area (Å²) in [6.07, 6.45) is 5.87. The van der Waals surface area contributed by atoms with Crippen LogP contribution < -0.4 is 0 Å². The molecule has 1 aliphatic rings. The van der Waals surface area contributed by atoms with E-state index < -0.39 is 11.8 Å². The molecule has 1 saturated carbocycles. The van der Waals surface area contributed by atoms with Crippen LogP contribution in [0.5, 0.6) is 0 Å². The lowest BCUT2D eigenvalue weighted by atomic mass is 9.82. The van der Waals surface area contributed by atoms with E-state index in [4.69, 9.17) is 26.5 Å². The van der Waals surface area contributed by atoms with Crippen molar-refractivity contribution in [2.75, 3.05) is 13.2 Å². The van der Waals surface area contributed by atoms with Crippen LogP contribution in [-0.4, -0.2) is 34.1 Å². The molecule has 1 aliphatic carbocycles. The molecule has 7 heteroatoms. The monoisotopic (exact) mass is 498 g/mol. The van der Waals surface area contributed by atoms with Crippen LogP contribution in [0.25, 0.3) is 22.4 Å². The molecule has 0 radical (unpaired) electrons. The van der Waals surface area contributed by atoms with Crippen molar-refractivity contribution < 1.29 is 19.0 Å². The minimum atomic E-state index is -0.930. The summed E-state index contributed by atoms with van der Waals surface area (Å²) in [6, 6.07) is 15.2. The minimum absolute atomic E-state index is 0.110. The van der Waals surface area contributed by atoms with Crippen molar-refractivity contribution in [3.05, 3.63) is 65.1 Å². The first-order valence-corrected chi connectivity index (χ1v) is 12.7. The lowest BCUT2D eigenvalue weighted by molar-refractivity contribution is -0.142. The van der Waals surface area contributed by atoms with Crippen LogP contribution in [0.4, 0.5) is 4.39 Å². The maximum absolute atomic E-state index is 14.5. The third-order valence-electron chi connectivity index (χ3n) is 6.74. The summed E-state index contributed by atoms with van der Waals surface area (Å²) >= 11 is 6.00. The van der Waals surface area contributed by atoms with Crippen LogP contribution >= 0.6 is 11.6 Å². The molecule has 35 heavy (non-hydrogen) atoms. The molecule has 1 aromatic heterocycles. The third kappa shape index (κ3) is 6.30. The zero-order chi connectivity index (χ0) is 24.8. The second kappa shape index (κ2) is 11.8. The summed E-state index contributed by atoms with van der Waals surface area (Å²) in [6.45, 7) is 3.15. The zero-order valence-electron chi connectivity index (χ0n) is 20.1. The predicted molar refractivity (Wildman–Crippen MR) is 136 cm³/mol. The Kier molecular flexibility index (Phi) is 8.58. The molecular formula is C28H32ClFN2O3. The molecule has 0 saturated heterocycles. The standard InChI is InChI=1S/C28H32ClFN2O3/c1-2-6-25-27(21-7-4-3-5-8-21)28(22-13-14-23(29)24(30)15-22)32(31-25)16-19-9-11-20(12-10-19)17-35-18-26(33)34/h3-5,7-8,13-15,19-20H,2,6,9-12,16-18H2,1H3,(H,33,34)/t19-,20+. The minimum Gasteiger partial charge on any atom is -0.480 e. The first-order chi connectivity index (χ1) is 17.0. The largest absolute Gasteiger partial charge is 0.480 e. The van der Waals surface area contributed by atoms with E-state index in [1.807, 2.05) is 24.3 Å². The molecule has 0 aliphatic heterocycles. The summed E-state index contributed by atoms with van der Waals surface area (Å²) in [5.41, 5.74) is 4.87. The van der Waals surface area contributed by atoms with Crippen LogP contribution in [0.2, 0.25) is 5.02 Å². The number of aromatic nitrogens is 2. The highest BCUT2D eigenvalue weighted by Crippen LogP contribution is 2.38. The fourth-order valence-electron chi connectivity index (χ4n) is 5.04. The maximum Gasteiger partial charge on any atom is 0.329 e. The number of hydrogen-bond donors (Lipinski definition) is 1. The van der Waals surface area contributed by atoms with Gasteiger partial charge in [0, 0.05) is 17.7 Å². The predicted octanol–water partition coefficient (Wildman–Crippen LogP) is 6.87. The lowest BCUT2D eigenvalue weighted by Crippen LogP contribution is -2.23. The number of hydrogen-bond acceptors (Lipinski definition) is 3. The topological polar surface area (TPSA) is 64.4 Å². The number of carboxylic acids is 1. The number of carbonyl (C=O) groups is 1. The van der Waals surface area contributed by atoms with E-state index in [-0.39, 0.29) is 11.6 Å². The van der Waals surface area contributed by atoms with Gasteiger partial charge < -0.3 is 9.84 Å². The second-order valence-electron chi connectivity index (χ2n) is 9.39. The molecule has 0 amide bonds. The number of aliphatic carboxylic acids is 1. The van der Waals surface area contributed by atoms with Gasteiger partial charge in [0.15, 0.2) is 0 Å². The van der Waals surface area contributed by atoms with Gasteiger partial charge in [-0.25, -0.2) is 9.18 Å². The summed E-state index contributed by atoms with van der Waals surface area (Å²) in [4.78, 5) is 10.7. The van der Waals surface area contributed by atoms with Gasteiger partial charge >= 0.3 is 5.97 Å². The van der Waals surface area contributed by atoms with E-state index in [0.717, 1.165) is 73.1 Å². The van der Waals surface area contributed by atoms with E-state index in [1.165, 1.54) is 6.07 Å². The number of rotatable bonds is 10. The molecule has 2 aromatic carbocycles. The number of ether oxygens (including phenoxy) is 1. The van der Waals surface area contributed by atoms with Crippen LogP contribution in [0.1, 0.15) is 44.7 Å². The highest BCUT2D eigenvalue weighted by molar-refractivity contribution is 6.30. The molecule has 0 atom stereocenters. The second-order valence-corrected chi connectivity index (χ2v) is 9.80. The molecule has 1 fully saturated rings. The summed E-state index contributed by atoms with van der Waals surface area (Å²) in [5, 5.41) is 13.9. The van der Waals surface area contributed by atoms with Gasteiger partial charge in [0.2, 0.25) is 0 Å². The fourth-order valence-corrected chi connectivity index (χ4v) is 5.16. The van der Waals surface area contributed by atoms with E-state index in [9.17, 15) is 9.18 Å². The maximum atomic E-state index is 14.5. The van der Waals surface area contributed by atoms with Crippen molar-refractivity contribution in [2.24, 2.45) is 11.8 Å². The number of nitrogens with zero attached hydrogens (tertiary/aromatic N) is 2. The molecule has 4 rings (SSSR count). The Morgan fingerprint density at radius 3 is 2.49 bits per heavy atom. The van der Waals surface area contributed by atoms with Gasteiger partial charge in [-0.1, -0.05) is 61.3 Å².